The predicted octanol–water partition coefficient (Wildman–Crippen LogP) is 1.88. The molecular formula is C17H22N4O. The molecule has 0 aliphatic carbocycles. The number of hydrogen-bond donors (Lipinski definition) is 1. The molecule has 3 heterocycles. The van der Waals surface area contributed by atoms with E-state index in [9.17, 15) is 0 Å². The summed E-state index contributed by atoms with van der Waals surface area (Å²) >= 11 is 0. The van der Waals surface area contributed by atoms with Crippen LogP contribution in [0.1, 0.15) is 36.1 Å². The fraction of sp³-hybridized carbons (Fsp3) is 0.529. The van der Waals surface area contributed by atoms with Crippen LogP contribution in [0.5, 0.6) is 5.75 Å². The molecule has 1 aromatic heterocycles. The van der Waals surface area contributed by atoms with E-state index in [0.717, 1.165) is 62.8 Å². The van der Waals surface area contributed by atoms with Crippen LogP contribution in [0.4, 0.5) is 0 Å². The van der Waals surface area contributed by atoms with Gasteiger partial charge >= 0.3 is 0 Å². The molecule has 2 aliphatic rings. The molecule has 22 heavy (non-hydrogen) atoms. The molecule has 1 aromatic carbocycles. The number of aryl methyl sites for hydroxylation is 2. The molecule has 5 nitrogen and oxygen atoms in total. The highest BCUT2D eigenvalue weighted by atomic mass is 16.5. The Hall–Kier alpha value is -1.88. The maximum absolute atomic E-state index is 5.56. The number of hydrogen-bond acceptors (Lipinski definition) is 4. The molecule has 0 saturated carbocycles. The van der Waals surface area contributed by atoms with Gasteiger partial charge in [-0.15, -0.1) is 0 Å². The van der Waals surface area contributed by atoms with Gasteiger partial charge in [0.25, 0.3) is 0 Å². The van der Waals surface area contributed by atoms with Crippen molar-refractivity contribution in [2.45, 2.75) is 51.7 Å². The van der Waals surface area contributed by atoms with Crippen molar-refractivity contribution in [3.05, 3.63) is 41.0 Å². The molecular weight excluding hydrogens is 276 g/mol. The normalized spacial score (nSPS) is 19.6. The number of benzene rings is 1. The minimum absolute atomic E-state index is 0.475. The summed E-state index contributed by atoms with van der Waals surface area (Å²) in [4.78, 5) is 4.57. The van der Waals surface area contributed by atoms with E-state index in [0.29, 0.717) is 6.04 Å². The fourth-order valence-corrected chi connectivity index (χ4v) is 3.29. The first kappa shape index (κ1) is 13.8. The molecule has 116 valence electrons. The third-order valence-corrected chi connectivity index (χ3v) is 4.57. The Morgan fingerprint density at radius 2 is 2.32 bits per heavy atom. The van der Waals surface area contributed by atoms with Crippen molar-refractivity contribution in [1.82, 2.24) is 20.1 Å². The van der Waals surface area contributed by atoms with Crippen LogP contribution in [0.25, 0.3) is 0 Å². The van der Waals surface area contributed by atoms with Gasteiger partial charge in [0.1, 0.15) is 11.6 Å². The lowest BCUT2D eigenvalue weighted by Gasteiger charge is -2.23. The van der Waals surface area contributed by atoms with Gasteiger partial charge in [-0.25, -0.2) is 9.67 Å². The van der Waals surface area contributed by atoms with E-state index in [2.05, 4.69) is 45.2 Å². The van der Waals surface area contributed by atoms with Gasteiger partial charge in [0.2, 0.25) is 0 Å². The largest absolute Gasteiger partial charge is 0.493 e. The van der Waals surface area contributed by atoms with Crippen LogP contribution in [-0.4, -0.2) is 27.4 Å². The maximum Gasteiger partial charge on any atom is 0.150 e. The molecule has 0 spiro atoms. The molecule has 0 saturated heterocycles. The van der Waals surface area contributed by atoms with Crippen molar-refractivity contribution in [2.24, 2.45) is 0 Å². The van der Waals surface area contributed by atoms with Gasteiger partial charge in [-0.05, 0) is 23.6 Å². The monoisotopic (exact) mass is 298 g/mol. The highest BCUT2D eigenvalue weighted by Gasteiger charge is 2.21. The first-order valence-electron chi connectivity index (χ1n) is 8.22. The van der Waals surface area contributed by atoms with E-state index < -0.39 is 0 Å². The van der Waals surface area contributed by atoms with E-state index in [1.165, 1.54) is 11.1 Å². The average Bonchev–Trinajstić information content (AvgIpc) is 3.17. The Bertz CT molecular complexity index is 679. The Morgan fingerprint density at radius 1 is 1.36 bits per heavy atom. The highest BCUT2D eigenvalue weighted by molar-refractivity contribution is 5.39. The van der Waals surface area contributed by atoms with E-state index in [1.807, 2.05) is 0 Å². The van der Waals surface area contributed by atoms with Crippen molar-refractivity contribution in [3.8, 4) is 5.75 Å². The van der Waals surface area contributed by atoms with Crippen LogP contribution >= 0.6 is 0 Å². The van der Waals surface area contributed by atoms with Gasteiger partial charge in [-0.1, -0.05) is 19.1 Å². The minimum atomic E-state index is 0.475. The lowest BCUT2D eigenvalue weighted by atomic mass is 10.1. The second kappa shape index (κ2) is 5.72. The van der Waals surface area contributed by atoms with Gasteiger partial charge in [0.05, 0.1) is 13.2 Å². The summed E-state index contributed by atoms with van der Waals surface area (Å²) in [6.45, 7) is 4.76. The van der Waals surface area contributed by atoms with E-state index in [4.69, 9.17) is 4.74 Å². The summed E-state index contributed by atoms with van der Waals surface area (Å²) in [6.07, 6.45) is 4.10. The Balaban J connectivity index is 1.38. The van der Waals surface area contributed by atoms with Crippen LogP contribution < -0.4 is 10.1 Å². The number of ether oxygens (including phenoxy) is 1. The SMILES string of the molecule is CCc1nc2n(n1)C[C@H](NCc1ccc3c(c1)CCO3)CC2. The molecule has 0 unspecified atom stereocenters. The molecule has 2 aromatic rings. The second-order valence-electron chi connectivity index (χ2n) is 6.14. The van der Waals surface area contributed by atoms with Gasteiger partial charge in [0.15, 0.2) is 5.82 Å². The number of nitrogens with one attached hydrogen (secondary N) is 1. The quantitative estimate of drug-likeness (QED) is 0.936. The van der Waals surface area contributed by atoms with Crippen molar-refractivity contribution in [3.63, 3.8) is 0 Å². The van der Waals surface area contributed by atoms with Crippen molar-refractivity contribution in [1.29, 1.82) is 0 Å². The number of nitrogens with zero attached hydrogens (tertiary/aromatic N) is 3. The van der Waals surface area contributed by atoms with Crippen LogP contribution in [0, 0.1) is 0 Å². The Labute approximate surface area is 130 Å². The standard InChI is InChI=1S/C17H22N4O/c1-2-16-19-17-6-4-14(11-21(17)20-16)18-10-12-3-5-15-13(9-12)7-8-22-15/h3,5,9,14,18H,2,4,6-8,10-11H2,1H3/t14-/m1/s1. The third-order valence-electron chi connectivity index (χ3n) is 4.57. The van der Waals surface area contributed by atoms with Gasteiger partial charge in [-0.3, -0.25) is 0 Å². The van der Waals surface area contributed by atoms with Crippen LogP contribution in [0.15, 0.2) is 18.2 Å². The summed E-state index contributed by atoms with van der Waals surface area (Å²) < 4.78 is 7.64. The van der Waals surface area contributed by atoms with Gasteiger partial charge in [-0.2, -0.15) is 5.10 Å². The second-order valence-corrected chi connectivity index (χ2v) is 6.14. The molecule has 4 rings (SSSR count). The lowest BCUT2D eigenvalue weighted by Crippen LogP contribution is -2.37. The Morgan fingerprint density at radius 3 is 3.23 bits per heavy atom. The highest BCUT2D eigenvalue weighted by Crippen LogP contribution is 2.26. The molecule has 2 aliphatic heterocycles. The molecule has 0 radical (unpaired) electrons. The molecule has 0 amide bonds. The average molecular weight is 298 g/mol. The first-order chi connectivity index (χ1) is 10.8. The molecule has 1 N–H and O–H groups in total. The summed E-state index contributed by atoms with van der Waals surface area (Å²) in [5, 5.41) is 8.24. The zero-order chi connectivity index (χ0) is 14.9. The van der Waals surface area contributed by atoms with Crippen LogP contribution in [0.2, 0.25) is 0 Å². The van der Waals surface area contributed by atoms with Crippen molar-refractivity contribution in [2.75, 3.05) is 6.61 Å². The molecule has 0 fully saturated rings. The molecule has 0 bridgehead atoms. The zero-order valence-electron chi connectivity index (χ0n) is 13.0. The van der Waals surface area contributed by atoms with E-state index in [1.54, 1.807) is 0 Å². The van der Waals surface area contributed by atoms with E-state index >= 15 is 0 Å². The lowest BCUT2D eigenvalue weighted by molar-refractivity contribution is 0.355. The van der Waals surface area contributed by atoms with Crippen LogP contribution in [0.3, 0.4) is 0 Å². The number of aromatic nitrogens is 3. The summed E-state index contributed by atoms with van der Waals surface area (Å²) in [5.74, 6) is 3.17. The summed E-state index contributed by atoms with van der Waals surface area (Å²) in [7, 11) is 0. The number of fused-ring (bicyclic) bond motifs is 2. The topological polar surface area (TPSA) is 52.0 Å². The van der Waals surface area contributed by atoms with Crippen LogP contribution in [-0.2, 0) is 32.4 Å². The molecule has 1 atom stereocenters. The summed E-state index contributed by atoms with van der Waals surface area (Å²) in [5.41, 5.74) is 2.68. The fourth-order valence-electron chi connectivity index (χ4n) is 3.29. The smallest absolute Gasteiger partial charge is 0.150 e. The minimum Gasteiger partial charge on any atom is -0.493 e. The predicted molar refractivity (Wildman–Crippen MR) is 84.0 cm³/mol. The third kappa shape index (κ3) is 2.61. The maximum atomic E-state index is 5.56. The Kier molecular flexibility index (Phi) is 3.58. The van der Waals surface area contributed by atoms with Crippen molar-refractivity contribution < 1.29 is 4.74 Å². The van der Waals surface area contributed by atoms with Gasteiger partial charge < -0.3 is 10.1 Å². The van der Waals surface area contributed by atoms with Gasteiger partial charge in [0, 0.05) is 31.8 Å². The summed E-state index contributed by atoms with van der Waals surface area (Å²) in [6, 6.07) is 7.01. The first-order valence-corrected chi connectivity index (χ1v) is 8.22. The zero-order valence-corrected chi connectivity index (χ0v) is 13.0. The van der Waals surface area contributed by atoms with Crippen molar-refractivity contribution >= 4 is 0 Å². The molecule has 5 heteroatoms. The number of rotatable bonds is 4. The van der Waals surface area contributed by atoms with E-state index in [-0.39, 0.29) is 0 Å².